The summed E-state index contributed by atoms with van der Waals surface area (Å²) in [5.74, 6) is 0.931. The van der Waals surface area contributed by atoms with E-state index in [9.17, 15) is 9.90 Å². The molecule has 0 saturated heterocycles. The number of hydrogen-bond acceptors (Lipinski definition) is 3. The Morgan fingerprint density at radius 2 is 2.00 bits per heavy atom. The van der Waals surface area contributed by atoms with E-state index >= 15 is 0 Å². The minimum absolute atomic E-state index is 0.0223. The van der Waals surface area contributed by atoms with Gasteiger partial charge < -0.3 is 14.8 Å². The quantitative estimate of drug-likeness (QED) is 0.887. The van der Waals surface area contributed by atoms with Gasteiger partial charge in [-0.15, -0.1) is 0 Å². The van der Waals surface area contributed by atoms with E-state index < -0.39 is 11.5 Å². The molecule has 1 heterocycles. The molecule has 1 atom stereocenters. The third-order valence-corrected chi connectivity index (χ3v) is 3.95. The van der Waals surface area contributed by atoms with Crippen LogP contribution in [0.4, 0.5) is 0 Å². The molecule has 0 spiro atoms. The van der Waals surface area contributed by atoms with Crippen LogP contribution in [-0.4, -0.2) is 17.6 Å². The highest BCUT2D eigenvalue weighted by Gasteiger charge is 2.28. The summed E-state index contributed by atoms with van der Waals surface area (Å²) in [6.07, 6.45) is 0. The van der Waals surface area contributed by atoms with Gasteiger partial charge in [-0.3, -0.25) is 4.79 Å². The average Bonchev–Trinajstić information content (AvgIpc) is 2.79. The second-order valence-electron chi connectivity index (χ2n) is 5.41. The molecule has 118 valence electrons. The first-order valence-corrected chi connectivity index (χ1v) is 7.49. The summed E-state index contributed by atoms with van der Waals surface area (Å²) < 4.78 is 5.42. The van der Waals surface area contributed by atoms with E-state index in [2.05, 4.69) is 5.32 Å². The van der Waals surface area contributed by atoms with E-state index in [0.717, 1.165) is 0 Å². The Morgan fingerprint density at radius 1 is 1.32 bits per heavy atom. The van der Waals surface area contributed by atoms with Crippen LogP contribution in [0.3, 0.4) is 0 Å². The Bertz CT molecular complexity index is 707. The highest BCUT2D eigenvalue weighted by Crippen LogP contribution is 2.27. The summed E-state index contributed by atoms with van der Waals surface area (Å²) in [6.45, 7) is 5.21. The van der Waals surface area contributed by atoms with Gasteiger partial charge in [0.05, 0.1) is 17.1 Å². The SMILES string of the molecule is Cc1cc(C(C)(O)CNC(=O)c2cc(Cl)ccc2Cl)c(C)o1. The van der Waals surface area contributed by atoms with Gasteiger partial charge in [-0.2, -0.15) is 0 Å². The third kappa shape index (κ3) is 3.64. The van der Waals surface area contributed by atoms with Gasteiger partial charge in [0, 0.05) is 10.6 Å². The number of benzene rings is 1. The molecule has 4 nitrogen and oxygen atoms in total. The lowest BCUT2D eigenvalue weighted by Crippen LogP contribution is -2.38. The minimum Gasteiger partial charge on any atom is -0.466 e. The smallest absolute Gasteiger partial charge is 0.252 e. The summed E-state index contributed by atoms with van der Waals surface area (Å²) in [5, 5.41) is 14.0. The first kappa shape index (κ1) is 16.9. The zero-order chi connectivity index (χ0) is 16.5. The van der Waals surface area contributed by atoms with E-state index in [1.54, 1.807) is 39.0 Å². The molecule has 1 aromatic heterocycles. The van der Waals surface area contributed by atoms with Gasteiger partial charge in [-0.25, -0.2) is 0 Å². The Labute approximate surface area is 139 Å². The molecule has 22 heavy (non-hydrogen) atoms. The molecular weight excluding hydrogens is 325 g/mol. The van der Waals surface area contributed by atoms with Gasteiger partial charge in [0.2, 0.25) is 0 Å². The summed E-state index contributed by atoms with van der Waals surface area (Å²) in [6, 6.07) is 6.41. The molecule has 6 heteroatoms. The number of halogens is 2. The fourth-order valence-electron chi connectivity index (χ4n) is 2.28. The first-order chi connectivity index (χ1) is 10.2. The molecule has 0 bridgehead atoms. The maximum absolute atomic E-state index is 12.2. The van der Waals surface area contributed by atoms with Crippen LogP contribution in [0.25, 0.3) is 0 Å². The Balaban J connectivity index is 2.13. The van der Waals surface area contributed by atoms with Crippen molar-refractivity contribution in [3.8, 4) is 0 Å². The number of aryl methyl sites for hydroxylation is 2. The second kappa shape index (κ2) is 6.32. The van der Waals surface area contributed by atoms with E-state index in [0.29, 0.717) is 27.1 Å². The van der Waals surface area contributed by atoms with Crippen LogP contribution in [0, 0.1) is 13.8 Å². The molecule has 0 fully saturated rings. The van der Waals surface area contributed by atoms with E-state index in [4.69, 9.17) is 27.6 Å². The van der Waals surface area contributed by atoms with Gasteiger partial charge in [0.15, 0.2) is 0 Å². The summed E-state index contributed by atoms with van der Waals surface area (Å²) >= 11 is 11.9. The molecule has 2 N–H and O–H groups in total. The summed E-state index contributed by atoms with van der Waals surface area (Å²) in [7, 11) is 0. The van der Waals surface area contributed by atoms with E-state index in [1.165, 1.54) is 6.07 Å². The van der Waals surface area contributed by atoms with Gasteiger partial charge in [0.25, 0.3) is 5.91 Å². The average molecular weight is 342 g/mol. The van der Waals surface area contributed by atoms with Crippen LogP contribution in [0.1, 0.15) is 34.4 Å². The van der Waals surface area contributed by atoms with Crippen LogP contribution >= 0.6 is 23.2 Å². The molecule has 2 rings (SSSR count). The minimum atomic E-state index is -1.25. The highest BCUT2D eigenvalue weighted by atomic mass is 35.5. The Kier molecular flexibility index (Phi) is 4.85. The molecule has 1 aromatic carbocycles. The van der Waals surface area contributed by atoms with E-state index in [-0.39, 0.29) is 12.1 Å². The lowest BCUT2D eigenvalue weighted by Gasteiger charge is -2.23. The molecule has 0 saturated carbocycles. The van der Waals surface area contributed by atoms with Crippen molar-refractivity contribution in [1.29, 1.82) is 0 Å². The van der Waals surface area contributed by atoms with Crippen LogP contribution < -0.4 is 5.32 Å². The number of amides is 1. The predicted molar refractivity (Wildman–Crippen MR) is 86.5 cm³/mol. The molecule has 1 unspecified atom stereocenters. The van der Waals surface area contributed by atoms with Crippen molar-refractivity contribution in [2.75, 3.05) is 6.54 Å². The number of nitrogens with one attached hydrogen (secondary N) is 1. The maximum Gasteiger partial charge on any atom is 0.252 e. The topological polar surface area (TPSA) is 62.5 Å². The Hall–Kier alpha value is -1.49. The summed E-state index contributed by atoms with van der Waals surface area (Å²) in [5.41, 5.74) is -0.338. The number of carbonyl (C=O) groups is 1. The van der Waals surface area contributed by atoms with Crippen molar-refractivity contribution >= 4 is 29.1 Å². The third-order valence-electron chi connectivity index (χ3n) is 3.39. The van der Waals surface area contributed by atoms with Crippen molar-refractivity contribution in [2.24, 2.45) is 0 Å². The number of carbonyl (C=O) groups excluding carboxylic acids is 1. The number of rotatable bonds is 4. The molecule has 0 aliphatic heterocycles. The molecule has 1 amide bonds. The highest BCUT2D eigenvalue weighted by molar-refractivity contribution is 6.35. The van der Waals surface area contributed by atoms with Gasteiger partial charge >= 0.3 is 0 Å². The first-order valence-electron chi connectivity index (χ1n) is 6.74. The molecular formula is C16H17Cl2NO3. The van der Waals surface area contributed by atoms with Crippen LogP contribution in [0.15, 0.2) is 28.7 Å². The van der Waals surface area contributed by atoms with Gasteiger partial charge in [-0.1, -0.05) is 23.2 Å². The van der Waals surface area contributed by atoms with Gasteiger partial charge in [0.1, 0.15) is 17.1 Å². The predicted octanol–water partition coefficient (Wildman–Crippen LogP) is 3.84. The zero-order valence-corrected chi connectivity index (χ0v) is 14.0. The van der Waals surface area contributed by atoms with Crippen molar-refractivity contribution in [3.63, 3.8) is 0 Å². The lowest BCUT2D eigenvalue weighted by molar-refractivity contribution is 0.0514. The maximum atomic E-state index is 12.2. The Morgan fingerprint density at radius 3 is 2.59 bits per heavy atom. The molecule has 0 aliphatic rings. The monoisotopic (exact) mass is 341 g/mol. The van der Waals surface area contributed by atoms with Crippen LogP contribution in [0.2, 0.25) is 10.0 Å². The molecule has 0 aliphatic carbocycles. The molecule has 2 aromatic rings. The number of hydrogen-bond donors (Lipinski definition) is 2. The normalized spacial score (nSPS) is 13.7. The standard InChI is InChI=1S/C16H17Cl2NO3/c1-9-6-13(10(2)22-9)16(3,21)8-19-15(20)12-7-11(17)4-5-14(12)18/h4-7,21H,8H2,1-3H3,(H,19,20). The molecule has 0 radical (unpaired) electrons. The van der Waals surface area contributed by atoms with Crippen molar-refractivity contribution in [1.82, 2.24) is 5.32 Å². The van der Waals surface area contributed by atoms with Crippen molar-refractivity contribution < 1.29 is 14.3 Å². The van der Waals surface area contributed by atoms with Crippen LogP contribution in [0.5, 0.6) is 0 Å². The van der Waals surface area contributed by atoms with E-state index in [1.807, 2.05) is 0 Å². The second-order valence-corrected chi connectivity index (χ2v) is 6.25. The van der Waals surface area contributed by atoms with Crippen molar-refractivity contribution in [2.45, 2.75) is 26.4 Å². The largest absolute Gasteiger partial charge is 0.466 e. The van der Waals surface area contributed by atoms with Gasteiger partial charge in [-0.05, 0) is 45.0 Å². The number of furan rings is 1. The van der Waals surface area contributed by atoms with Crippen molar-refractivity contribution in [3.05, 3.63) is 57.0 Å². The lowest BCUT2D eigenvalue weighted by atomic mass is 9.96. The number of aliphatic hydroxyl groups is 1. The summed E-state index contributed by atoms with van der Waals surface area (Å²) in [4.78, 5) is 12.2. The fourth-order valence-corrected chi connectivity index (χ4v) is 2.66. The van der Waals surface area contributed by atoms with Crippen LogP contribution in [-0.2, 0) is 5.60 Å². The zero-order valence-electron chi connectivity index (χ0n) is 12.5. The fraction of sp³-hybridized carbons (Fsp3) is 0.312.